The number of carbonyl (C=O) groups excluding carboxylic acids is 1. The number of nitrogens with zero attached hydrogens (tertiary/aromatic N) is 3. The molecule has 1 atom stereocenters. The van der Waals surface area contributed by atoms with Crippen molar-refractivity contribution >= 4 is 11.8 Å². The van der Waals surface area contributed by atoms with Crippen LogP contribution >= 0.6 is 0 Å². The number of hydrogen-bond donors (Lipinski definition) is 0. The van der Waals surface area contributed by atoms with Crippen LogP contribution in [0.2, 0.25) is 0 Å². The maximum absolute atomic E-state index is 12.6. The Morgan fingerprint density at radius 1 is 1.10 bits per heavy atom. The molecule has 1 aliphatic rings. The highest BCUT2D eigenvalue weighted by Crippen LogP contribution is 2.29. The summed E-state index contributed by atoms with van der Waals surface area (Å²) in [6, 6.07) is 12.4. The van der Waals surface area contributed by atoms with Gasteiger partial charge in [-0.3, -0.25) is 4.98 Å². The summed E-state index contributed by atoms with van der Waals surface area (Å²) in [5.41, 5.74) is 1.50. The molecular formula is C25H35N3O3. The van der Waals surface area contributed by atoms with E-state index in [-0.39, 0.29) is 17.7 Å². The second kappa shape index (κ2) is 9.16. The Kier molecular flexibility index (Phi) is 6.77. The Bertz CT molecular complexity index is 854. The summed E-state index contributed by atoms with van der Waals surface area (Å²) in [6.45, 7) is 13.9. The van der Waals surface area contributed by atoms with Crippen LogP contribution in [0.4, 0.5) is 10.5 Å². The van der Waals surface area contributed by atoms with E-state index in [9.17, 15) is 4.79 Å². The molecule has 168 valence electrons. The van der Waals surface area contributed by atoms with Crippen molar-refractivity contribution in [1.82, 2.24) is 9.88 Å². The van der Waals surface area contributed by atoms with Crippen molar-refractivity contribution < 1.29 is 14.3 Å². The molecule has 1 saturated heterocycles. The van der Waals surface area contributed by atoms with Crippen molar-refractivity contribution in [1.29, 1.82) is 0 Å². The highest BCUT2D eigenvalue weighted by Gasteiger charge is 2.33. The number of benzene rings is 1. The fourth-order valence-electron chi connectivity index (χ4n) is 3.67. The molecule has 2 aromatic rings. The maximum Gasteiger partial charge on any atom is 0.410 e. The number of anilines is 1. The van der Waals surface area contributed by atoms with Gasteiger partial charge in [0, 0.05) is 43.8 Å². The molecule has 2 heterocycles. The smallest absolute Gasteiger partial charge is 0.410 e. The number of aromatic nitrogens is 1. The van der Waals surface area contributed by atoms with Gasteiger partial charge in [0.15, 0.2) is 0 Å². The zero-order chi connectivity index (χ0) is 22.6. The highest BCUT2D eigenvalue weighted by atomic mass is 16.6. The normalized spacial score (nSPS) is 16.8. The number of rotatable bonds is 5. The molecule has 6 nitrogen and oxygen atoms in total. The van der Waals surface area contributed by atoms with E-state index in [1.54, 1.807) is 6.20 Å². The second-order valence-corrected chi connectivity index (χ2v) is 10.1. The van der Waals surface area contributed by atoms with E-state index in [0.29, 0.717) is 13.1 Å². The van der Waals surface area contributed by atoms with Gasteiger partial charge in [-0.05, 0) is 83.9 Å². The number of likely N-dealkylation sites (tertiary alicyclic amines) is 1. The van der Waals surface area contributed by atoms with Gasteiger partial charge in [-0.1, -0.05) is 6.07 Å². The van der Waals surface area contributed by atoms with Crippen LogP contribution in [-0.2, 0) is 11.3 Å². The van der Waals surface area contributed by atoms with Crippen molar-refractivity contribution in [2.45, 2.75) is 71.8 Å². The monoisotopic (exact) mass is 425 g/mol. The summed E-state index contributed by atoms with van der Waals surface area (Å²) >= 11 is 0. The zero-order valence-corrected chi connectivity index (χ0v) is 19.6. The lowest BCUT2D eigenvalue weighted by molar-refractivity contribution is 0.0292. The minimum absolute atomic E-state index is 0.196. The molecule has 1 aromatic carbocycles. The molecule has 0 unspecified atom stereocenters. The van der Waals surface area contributed by atoms with E-state index in [1.807, 2.05) is 70.8 Å². The molecule has 0 saturated carbocycles. The van der Waals surface area contributed by atoms with Gasteiger partial charge in [-0.15, -0.1) is 0 Å². The minimum atomic E-state index is -0.493. The molecule has 1 amide bonds. The Morgan fingerprint density at radius 3 is 2.39 bits per heavy atom. The molecule has 0 bridgehead atoms. The van der Waals surface area contributed by atoms with Crippen molar-refractivity contribution in [3.05, 3.63) is 54.4 Å². The molecule has 0 radical (unpaired) electrons. The molecule has 0 aliphatic carbocycles. The first-order valence-electron chi connectivity index (χ1n) is 10.9. The van der Waals surface area contributed by atoms with Gasteiger partial charge >= 0.3 is 6.09 Å². The zero-order valence-electron chi connectivity index (χ0n) is 19.6. The van der Waals surface area contributed by atoms with Crippen LogP contribution < -0.4 is 9.64 Å². The van der Waals surface area contributed by atoms with Crippen molar-refractivity contribution in [3.8, 4) is 5.75 Å². The fourth-order valence-corrected chi connectivity index (χ4v) is 3.67. The third-order valence-corrected chi connectivity index (χ3v) is 4.92. The van der Waals surface area contributed by atoms with Crippen LogP contribution in [0.15, 0.2) is 48.8 Å². The summed E-state index contributed by atoms with van der Waals surface area (Å²) in [4.78, 5) is 21.0. The van der Waals surface area contributed by atoms with E-state index in [1.165, 1.54) is 0 Å². The molecule has 0 spiro atoms. The second-order valence-electron chi connectivity index (χ2n) is 10.1. The number of ether oxygens (including phenoxy) is 2. The summed E-state index contributed by atoms with van der Waals surface area (Å²) in [6.07, 6.45) is 4.32. The molecule has 6 heteroatoms. The maximum atomic E-state index is 12.6. The molecule has 31 heavy (non-hydrogen) atoms. The predicted octanol–water partition coefficient (Wildman–Crippen LogP) is 5.27. The van der Waals surface area contributed by atoms with E-state index >= 15 is 0 Å². The van der Waals surface area contributed by atoms with Crippen LogP contribution in [0.25, 0.3) is 0 Å². The standard InChI is InChI=1S/C25H35N3O3/c1-24(2,3)30-22-11-9-20(10-12-22)28(17-19-8-7-14-26-16-19)21-13-15-27(18-21)23(29)31-25(4,5)6/h7-12,14,16,21H,13,15,17-18H2,1-6H3/t21-/m0/s1. The molecule has 1 fully saturated rings. The van der Waals surface area contributed by atoms with Gasteiger partial charge in [-0.25, -0.2) is 4.79 Å². The van der Waals surface area contributed by atoms with E-state index in [0.717, 1.165) is 30.0 Å². The minimum Gasteiger partial charge on any atom is -0.488 e. The molecule has 3 rings (SSSR count). The topological polar surface area (TPSA) is 54.9 Å². The van der Waals surface area contributed by atoms with E-state index in [4.69, 9.17) is 9.47 Å². The van der Waals surface area contributed by atoms with Gasteiger partial charge in [0.25, 0.3) is 0 Å². The third kappa shape index (κ3) is 6.88. The van der Waals surface area contributed by atoms with Crippen molar-refractivity contribution in [2.75, 3.05) is 18.0 Å². The number of pyridine rings is 1. The summed E-state index contributed by atoms with van der Waals surface area (Å²) < 4.78 is 11.6. The quantitative estimate of drug-likeness (QED) is 0.653. The first-order chi connectivity index (χ1) is 14.5. The first-order valence-corrected chi connectivity index (χ1v) is 10.9. The van der Waals surface area contributed by atoms with E-state index < -0.39 is 5.60 Å². The van der Waals surface area contributed by atoms with Crippen LogP contribution in [0, 0.1) is 0 Å². The lowest BCUT2D eigenvalue weighted by Gasteiger charge is -2.32. The summed E-state index contributed by atoms with van der Waals surface area (Å²) in [7, 11) is 0. The average molecular weight is 426 g/mol. The summed E-state index contributed by atoms with van der Waals surface area (Å²) in [5.74, 6) is 0.847. The van der Waals surface area contributed by atoms with Gasteiger partial charge in [0.05, 0.1) is 0 Å². The molecule has 0 N–H and O–H groups in total. The number of amides is 1. The highest BCUT2D eigenvalue weighted by molar-refractivity contribution is 5.69. The van der Waals surface area contributed by atoms with Gasteiger partial charge in [0.1, 0.15) is 17.0 Å². The van der Waals surface area contributed by atoms with Gasteiger partial charge in [-0.2, -0.15) is 0 Å². The molecule has 1 aliphatic heterocycles. The van der Waals surface area contributed by atoms with Crippen LogP contribution in [0.5, 0.6) is 5.75 Å². The predicted molar refractivity (Wildman–Crippen MR) is 123 cm³/mol. The molecule has 1 aromatic heterocycles. The fraction of sp³-hybridized carbons (Fsp3) is 0.520. The lowest BCUT2D eigenvalue weighted by atomic mass is 10.1. The van der Waals surface area contributed by atoms with Crippen molar-refractivity contribution in [2.24, 2.45) is 0 Å². The average Bonchev–Trinajstić information content (AvgIpc) is 3.15. The Labute approximate surface area is 186 Å². The SMILES string of the molecule is CC(C)(C)OC(=O)N1CC[C@H](N(Cc2cccnc2)c2ccc(OC(C)(C)C)cc2)C1. The first kappa shape index (κ1) is 22.9. The van der Waals surface area contributed by atoms with E-state index in [2.05, 4.69) is 28.1 Å². The molecular weight excluding hydrogens is 390 g/mol. The van der Waals surface area contributed by atoms with Crippen LogP contribution in [-0.4, -0.2) is 46.3 Å². The lowest BCUT2D eigenvalue weighted by Crippen LogP contribution is -2.40. The Balaban J connectivity index is 1.78. The Hall–Kier alpha value is -2.76. The van der Waals surface area contributed by atoms with Crippen LogP contribution in [0.1, 0.15) is 53.5 Å². The van der Waals surface area contributed by atoms with Crippen LogP contribution in [0.3, 0.4) is 0 Å². The van der Waals surface area contributed by atoms with Gasteiger partial charge in [0.2, 0.25) is 0 Å². The Morgan fingerprint density at radius 2 is 1.81 bits per heavy atom. The largest absolute Gasteiger partial charge is 0.488 e. The third-order valence-electron chi connectivity index (χ3n) is 4.92. The number of hydrogen-bond acceptors (Lipinski definition) is 5. The summed E-state index contributed by atoms with van der Waals surface area (Å²) in [5, 5.41) is 0. The van der Waals surface area contributed by atoms with Gasteiger partial charge < -0.3 is 19.3 Å². The van der Waals surface area contributed by atoms with Crippen molar-refractivity contribution in [3.63, 3.8) is 0 Å². The number of carbonyl (C=O) groups is 1.